The van der Waals surface area contributed by atoms with Crippen molar-refractivity contribution >= 4 is 28.0 Å². The number of benzene rings is 2. The first-order valence-electron chi connectivity index (χ1n) is 10.8. The van der Waals surface area contributed by atoms with Gasteiger partial charge in [-0.05, 0) is 24.3 Å². The molecule has 2 aromatic carbocycles. The van der Waals surface area contributed by atoms with Gasteiger partial charge in [-0.25, -0.2) is 0 Å². The fourth-order valence-corrected chi connectivity index (χ4v) is 4.47. The molecule has 1 aromatic heterocycles. The summed E-state index contributed by atoms with van der Waals surface area (Å²) >= 11 is 0. The number of fused-ring (bicyclic) bond motifs is 2. The monoisotopic (exact) mass is 460 g/mol. The molecule has 8 heteroatoms. The van der Waals surface area contributed by atoms with Gasteiger partial charge >= 0.3 is 0 Å². The molecule has 1 aliphatic rings. The van der Waals surface area contributed by atoms with Crippen molar-refractivity contribution in [2.45, 2.75) is 26.7 Å². The van der Waals surface area contributed by atoms with Crippen molar-refractivity contribution in [1.82, 2.24) is 4.98 Å². The molecule has 0 aliphatic heterocycles. The summed E-state index contributed by atoms with van der Waals surface area (Å²) in [6.45, 7) is 4.34. The minimum absolute atomic E-state index is 0.0983. The Hall–Kier alpha value is -3.99. The number of nitriles is 1. The summed E-state index contributed by atoms with van der Waals surface area (Å²) < 4.78 is 21.7. The van der Waals surface area contributed by atoms with Gasteiger partial charge in [0.2, 0.25) is 0 Å². The molecular weight excluding hydrogens is 432 g/mol. The molecule has 0 bridgehead atoms. The molecule has 34 heavy (non-hydrogen) atoms. The topological polar surface area (TPSA) is 112 Å². The fraction of sp³-hybridized carbons (Fsp3) is 0.346. The van der Waals surface area contributed by atoms with Crippen molar-refractivity contribution < 1.29 is 18.9 Å². The maximum absolute atomic E-state index is 9.75. The van der Waals surface area contributed by atoms with E-state index in [1.54, 1.807) is 33.5 Å². The van der Waals surface area contributed by atoms with Gasteiger partial charge in [0, 0.05) is 29.1 Å². The lowest BCUT2D eigenvalue weighted by Gasteiger charge is -2.33. The molecule has 0 amide bonds. The minimum Gasteiger partial charge on any atom is -0.493 e. The number of aromatic nitrogens is 1. The number of hydrogen-bond donors (Lipinski definition) is 1. The zero-order valence-electron chi connectivity index (χ0n) is 20.3. The Kier molecular flexibility index (Phi) is 5.96. The molecule has 3 aromatic rings. The van der Waals surface area contributed by atoms with Crippen LogP contribution in [0.15, 0.2) is 29.3 Å². The van der Waals surface area contributed by atoms with Crippen LogP contribution in [-0.4, -0.2) is 39.1 Å². The van der Waals surface area contributed by atoms with Crippen molar-refractivity contribution in [3.05, 3.63) is 41.1 Å². The Morgan fingerprint density at radius 1 is 0.912 bits per heavy atom. The molecular formula is C26H28N4O4. The van der Waals surface area contributed by atoms with Gasteiger partial charge < -0.3 is 24.7 Å². The largest absolute Gasteiger partial charge is 0.493 e. The van der Waals surface area contributed by atoms with E-state index in [0.717, 1.165) is 34.3 Å². The fourth-order valence-electron chi connectivity index (χ4n) is 4.47. The molecule has 1 aliphatic carbocycles. The number of methoxy groups -OCH3 is 4. The maximum Gasteiger partial charge on any atom is 0.162 e. The van der Waals surface area contributed by atoms with Crippen molar-refractivity contribution in [2.75, 3.05) is 34.2 Å². The van der Waals surface area contributed by atoms with Gasteiger partial charge in [0.15, 0.2) is 23.0 Å². The highest BCUT2D eigenvalue weighted by atomic mass is 16.5. The van der Waals surface area contributed by atoms with Crippen LogP contribution in [0.5, 0.6) is 23.0 Å². The lowest BCUT2D eigenvalue weighted by molar-refractivity contribution is 0.355. The first-order valence-corrected chi connectivity index (χ1v) is 10.8. The van der Waals surface area contributed by atoms with Crippen LogP contribution < -0.4 is 24.7 Å². The molecule has 0 saturated carbocycles. The van der Waals surface area contributed by atoms with E-state index in [2.05, 4.69) is 19.9 Å². The Morgan fingerprint density at radius 2 is 1.50 bits per heavy atom. The van der Waals surface area contributed by atoms with E-state index in [4.69, 9.17) is 34.7 Å². The summed E-state index contributed by atoms with van der Waals surface area (Å²) in [6.07, 6.45) is 1.41. The predicted octanol–water partition coefficient (Wildman–Crippen LogP) is 4.82. The summed E-state index contributed by atoms with van der Waals surface area (Å²) in [4.78, 5) is 9.88. The van der Waals surface area contributed by atoms with E-state index in [1.807, 2.05) is 12.1 Å². The molecule has 2 N–H and O–H groups in total. The Labute approximate surface area is 198 Å². The lowest BCUT2D eigenvalue weighted by Crippen LogP contribution is -2.29. The summed E-state index contributed by atoms with van der Waals surface area (Å²) in [7, 11) is 6.26. The standard InChI is InChI=1S/C26H28N4O4/c1-26(2)11-18(29-16-9-22(33-5)20(31-3)7-14(16)13-27)24-19(12-26)30-17-10-23(34-6)21(32-4)8-15(17)25(24)28/h7-10H,11-12H2,1-6H3,(H2,28,30). The molecule has 0 radical (unpaired) electrons. The van der Waals surface area contributed by atoms with Crippen molar-refractivity contribution in [3.8, 4) is 29.1 Å². The third kappa shape index (κ3) is 3.94. The van der Waals surface area contributed by atoms with Crippen LogP contribution in [0.3, 0.4) is 0 Å². The number of nitrogens with two attached hydrogens (primary N) is 1. The van der Waals surface area contributed by atoms with Gasteiger partial charge in [-0.2, -0.15) is 5.26 Å². The highest BCUT2D eigenvalue weighted by molar-refractivity contribution is 6.13. The van der Waals surface area contributed by atoms with Gasteiger partial charge in [0.25, 0.3) is 0 Å². The first-order chi connectivity index (χ1) is 16.2. The zero-order valence-corrected chi connectivity index (χ0v) is 20.3. The van der Waals surface area contributed by atoms with Crippen LogP contribution in [0.1, 0.15) is 37.1 Å². The minimum atomic E-state index is -0.0983. The van der Waals surface area contributed by atoms with E-state index in [0.29, 0.717) is 46.4 Å². The first kappa shape index (κ1) is 23.2. The molecule has 176 valence electrons. The van der Waals surface area contributed by atoms with Crippen LogP contribution in [0, 0.1) is 16.7 Å². The zero-order chi connectivity index (χ0) is 24.6. The third-order valence-electron chi connectivity index (χ3n) is 6.06. The molecule has 4 rings (SSSR count). The van der Waals surface area contributed by atoms with Crippen molar-refractivity contribution in [2.24, 2.45) is 10.4 Å². The second kappa shape index (κ2) is 8.75. The van der Waals surface area contributed by atoms with Gasteiger partial charge in [-0.15, -0.1) is 0 Å². The number of pyridine rings is 1. The third-order valence-corrected chi connectivity index (χ3v) is 6.06. The SMILES string of the molecule is COc1cc(C#N)c(N=C2CC(C)(C)Cc3nc4cc(OC)c(OC)cc4c(N)c32)cc1OC. The molecule has 0 atom stereocenters. The van der Waals surface area contributed by atoms with E-state index in [1.165, 1.54) is 7.11 Å². The smallest absolute Gasteiger partial charge is 0.162 e. The quantitative estimate of drug-likeness (QED) is 0.581. The highest BCUT2D eigenvalue weighted by Crippen LogP contribution is 2.43. The summed E-state index contributed by atoms with van der Waals surface area (Å²) in [5.74, 6) is 2.14. The van der Waals surface area contributed by atoms with Gasteiger partial charge in [0.05, 0.1) is 62.3 Å². The van der Waals surface area contributed by atoms with E-state index in [-0.39, 0.29) is 5.41 Å². The highest BCUT2D eigenvalue weighted by Gasteiger charge is 2.33. The number of nitrogens with zero attached hydrogens (tertiary/aromatic N) is 3. The average Bonchev–Trinajstić information content (AvgIpc) is 2.81. The number of hydrogen-bond acceptors (Lipinski definition) is 8. The molecule has 0 unspecified atom stereocenters. The lowest BCUT2D eigenvalue weighted by atomic mass is 9.74. The number of nitrogen functional groups attached to an aromatic ring is 1. The van der Waals surface area contributed by atoms with Crippen molar-refractivity contribution in [1.29, 1.82) is 5.26 Å². The molecule has 0 saturated heterocycles. The summed E-state index contributed by atoms with van der Waals surface area (Å²) in [6, 6.07) is 9.23. The number of aliphatic imine (C=N–C) groups is 1. The Balaban J connectivity index is 1.99. The maximum atomic E-state index is 9.75. The average molecular weight is 461 g/mol. The molecule has 8 nitrogen and oxygen atoms in total. The Morgan fingerprint density at radius 3 is 2.12 bits per heavy atom. The van der Waals surface area contributed by atoms with Crippen LogP contribution in [0.4, 0.5) is 11.4 Å². The molecule has 0 spiro atoms. The normalized spacial score (nSPS) is 15.5. The van der Waals surface area contributed by atoms with Gasteiger partial charge in [-0.3, -0.25) is 9.98 Å². The van der Waals surface area contributed by atoms with Gasteiger partial charge in [0.1, 0.15) is 6.07 Å². The van der Waals surface area contributed by atoms with Crippen molar-refractivity contribution in [3.63, 3.8) is 0 Å². The second-order valence-corrected chi connectivity index (χ2v) is 8.98. The van der Waals surface area contributed by atoms with Crippen LogP contribution in [0.25, 0.3) is 10.9 Å². The van der Waals surface area contributed by atoms with Crippen LogP contribution in [0.2, 0.25) is 0 Å². The van der Waals surface area contributed by atoms with E-state index < -0.39 is 0 Å². The van der Waals surface area contributed by atoms with Gasteiger partial charge in [-0.1, -0.05) is 13.8 Å². The number of rotatable bonds is 5. The van der Waals surface area contributed by atoms with E-state index >= 15 is 0 Å². The van der Waals surface area contributed by atoms with Crippen LogP contribution in [-0.2, 0) is 6.42 Å². The predicted molar refractivity (Wildman–Crippen MR) is 132 cm³/mol. The molecule has 1 heterocycles. The second-order valence-electron chi connectivity index (χ2n) is 8.98. The Bertz CT molecular complexity index is 1360. The number of anilines is 1. The van der Waals surface area contributed by atoms with E-state index in [9.17, 15) is 5.26 Å². The summed E-state index contributed by atoms with van der Waals surface area (Å²) in [5.41, 5.74) is 11.3. The number of ether oxygens (including phenoxy) is 4. The van der Waals surface area contributed by atoms with Crippen LogP contribution >= 0.6 is 0 Å². The summed E-state index contributed by atoms with van der Waals surface area (Å²) in [5, 5.41) is 10.5. The molecule has 0 fully saturated rings.